The summed E-state index contributed by atoms with van der Waals surface area (Å²) in [6.07, 6.45) is 1.32. The molecule has 0 unspecified atom stereocenters. The molecule has 0 aliphatic carbocycles. The lowest BCUT2D eigenvalue weighted by Gasteiger charge is -2.20. The number of rotatable bonds is 1. The fraction of sp³-hybridized carbons (Fsp3) is 0.400. The van der Waals surface area contributed by atoms with Crippen LogP contribution >= 0.6 is 23.5 Å². The number of phenolic OH excluding ortho intramolecular Hbond substituents is 1. The Morgan fingerprint density at radius 3 is 2.31 bits per heavy atom. The molecule has 1 N–H and O–H groups in total. The summed E-state index contributed by atoms with van der Waals surface area (Å²) < 4.78 is 0.578. The van der Waals surface area contributed by atoms with E-state index in [-0.39, 0.29) is 0 Å². The molecular weight excluding hydrogens is 200 g/mol. The number of phenols is 1. The molecule has 0 radical (unpaired) electrons. The van der Waals surface area contributed by atoms with Gasteiger partial charge in [-0.2, -0.15) is 0 Å². The van der Waals surface area contributed by atoms with Gasteiger partial charge in [0.05, 0.1) is 4.58 Å². The highest BCUT2D eigenvalue weighted by Gasteiger charge is 2.15. The number of hydrogen-bond donors (Lipinski definition) is 1. The third-order valence-corrected chi connectivity index (χ3v) is 5.01. The van der Waals surface area contributed by atoms with Gasteiger partial charge >= 0.3 is 0 Å². The molecule has 1 aliphatic rings. The summed E-state index contributed by atoms with van der Waals surface area (Å²) in [5.41, 5.74) is 1.33. The third kappa shape index (κ3) is 2.35. The Balaban J connectivity index is 2.10. The van der Waals surface area contributed by atoms with Crippen molar-refractivity contribution < 1.29 is 5.11 Å². The van der Waals surface area contributed by atoms with Gasteiger partial charge in [0.1, 0.15) is 5.75 Å². The van der Waals surface area contributed by atoms with E-state index in [1.54, 1.807) is 12.1 Å². The van der Waals surface area contributed by atoms with Gasteiger partial charge in [-0.25, -0.2) is 0 Å². The second-order valence-electron chi connectivity index (χ2n) is 3.02. The Labute approximate surface area is 86.9 Å². The summed E-state index contributed by atoms with van der Waals surface area (Å²) in [6, 6.07) is 7.58. The van der Waals surface area contributed by atoms with Crippen molar-refractivity contribution in [3.63, 3.8) is 0 Å². The van der Waals surface area contributed by atoms with Gasteiger partial charge in [0.2, 0.25) is 0 Å². The van der Waals surface area contributed by atoms with Crippen LogP contribution in [0.2, 0.25) is 0 Å². The van der Waals surface area contributed by atoms with Crippen LogP contribution in [0.15, 0.2) is 24.3 Å². The first-order valence-corrected chi connectivity index (χ1v) is 6.48. The Morgan fingerprint density at radius 2 is 1.69 bits per heavy atom. The maximum atomic E-state index is 9.14. The van der Waals surface area contributed by atoms with Crippen LogP contribution in [0.5, 0.6) is 5.75 Å². The minimum Gasteiger partial charge on any atom is -0.508 e. The molecule has 0 saturated carbocycles. The highest BCUT2D eigenvalue weighted by Crippen LogP contribution is 2.43. The van der Waals surface area contributed by atoms with Crippen LogP contribution in [-0.4, -0.2) is 16.6 Å². The summed E-state index contributed by atoms with van der Waals surface area (Å²) in [6.45, 7) is 0. The molecule has 13 heavy (non-hydrogen) atoms. The Bertz CT molecular complexity index is 265. The summed E-state index contributed by atoms with van der Waals surface area (Å²) in [7, 11) is 0. The molecule has 1 heterocycles. The Kier molecular flexibility index (Phi) is 3.06. The van der Waals surface area contributed by atoms with Gasteiger partial charge in [0, 0.05) is 0 Å². The fourth-order valence-electron chi connectivity index (χ4n) is 1.31. The molecule has 1 aromatic rings. The van der Waals surface area contributed by atoms with E-state index in [0.29, 0.717) is 10.3 Å². The van der Waals surface area contributed by atoms with Crippen molar-refractivity contribution in [3.05, 3.63) is 29.8 Å². The topological polar surface area (TPSA) is 20.2 Å². The summed E-state index contributed by atoms with van der Waals surface area (Å²) in [4.78, 5) is 0. The molecule has 0 aromatic heterocycles. The molecule has 0 atom stereocenters. The Hall–Kier alpha value is -0.280. The van der Waals surface area contributed by atoms with Gasteiger partial charge in [-0.3, -0.25) is 0 Å². The average Bonchev–Trinajstić information content (AvgIpc) is 2.20. The lowest BCUT2D eigenvalue weighted by Crippen LogP contribution is -1.99. The predicted octanol–water partition coefficient (Wildman–Crippen LogP) is 3.26. The van der Waals surface area contributed by atoms with Gasteiger partial charge in [-0.1, -0.05) is 12.1 Å². The van der Waals surface area contributed by atoms with Crippen molar-refractivity contribution in [3.8, 4) is 5.75 Å². The molecule has 1 nitrogen and oxygen atoms in total. The van der Waals surface area contributed by atoms with E-state index in [2.05, 4.69) is 0 Å². The molecule has 70 valence electrons. The summed E-state index contributed by atoms with van der Waals surface area (Å²) in [5, 5.41) is 9.14. The van der Waals surface area contributed by atoms with Crippen LogP contribution in [0.25, 0.3) is 0 Å². The fourth-order valence-corrected chi connectivity index (χ4v) is 4.21. The van der Waals surface area contributed by atoms with Crippen LogP contribution in [0.1, 0.15) is 16.6 Å². The second kappa shape index (κ2) is 4.29. The van der Waals surface area contributed by atoms with Gasteiger partial charge in [-0.15, -0.1) is 23.5 Å². The maximum absolute atomic E-state index is 9.14. The van der Waals surface area contributed by atoms with Crippen LogP contribution in [0.3, 0.4) is 0 Å². The van der Waals surface area contributed by atoms with Gasteiger partial charge in [-0.05, 0) is 35.6 Å². The van der Waals surface area contributed by atoms with E-state index in [1.165, 1.54) is 23.5 Å². The minimum absolute atomic E-state index is 0.356. The molecule has 2 rings (SSSR count). The number of thioether (sulfide) groups is 2. The van der Waals surface area contributed by atoms with Crippen LogP contribution in [-0.2, 0) is 0 Å². The third-order valence-electron chi connectivity index (χ3n) is 1.99. The first-order valence-electron chi connectivity index (χ1n) is 4.38. The zero-order chi connectivity index (χ0) is 9.10. The quantitative estimate of drug-likeness (QED) is 0.771. The van der Waals surface area contributed by atoms with Crippen molar-refractivity contribution in [2.45, 2.75) is 11.0 Å². The molecule has 0 bridgehead atoms. The zero-order valence-corrected chi connectivity index (χ0v) is 8.90. The summed E-state index contributed by atoms with van der Waals surface area (Å²) in [5.74, 6) is 2.88. The normalized spacial score (nSPS) is 18.8. The monoisotopic (exact) mass is 212 g/mol. The second-order valence-corrected chi connectivity index (χ2v) is 5.74. The zero-order valence-electron chi connectivity index (χ0n) is 7.27. The predicted molar refractivity (Wildman–Crippen MR) is 60.4 cm³/mol. The first kappa shape index (κ1) is 9.28. The van der Waals surface area contributed by atoms with Crippen molar-refractivity contribution in [1.82, 2.24) is 0 Å². The summed E-state index contributed by atoms with van der Waals surface area (Å²) >= 11 is 4.01. The van der Waals surface area contributed by atoms with Gasteiger partial charge in [0.15, 0.2) is 0 Å². The number of benzene rings is 1. The van der Waals surface area contributed by atoms with E-state index >= 15 is 0 Å². The molecule has 1 aromatic carbocycles. The molecule has 1 saturated heterocycles. The largest absolute Gasteiger partial charge is 0.508 e. The number of hydrogen-bond acceptors (Lipinski definition) is 3. The van der Waals surface area contributed by atoms with Crippen LogP contribution in [0, 0.1) is 0 Å². The molecule has 0 amide bonds. The minimum atomic E-state index is 0.356. The first-order chi connectivity index (χ1) is 6.36. The van der Waals surface area contributed by atoms with Gasteiger partial charge < -0.3 is 5.11 Å². The van der Waals surface area contributed by atoms with Crippen molar-refractivity contribution in [2.75, 3.05) is 11.5 Å². The Morgan fingerprint density at radius 1 is 1.08 bits per heavy atom. The highest BCUT2D eigenvalue weighted by atomic mass is 32.2. The number of aromatic hydroxyl groups is 1. The van der Waals surface area contributed by atoms with Crippen LogP contribution < -0.4 is 0 Å². The maximum Gasteiger partial charge on any atom is 0.115 e. The van der Waals surface area contributed by atoms with E-state index in [0.717, 1.165) is 0 Å². The molecule has 1 fully saturated rings. The van der Waals surface area contributed by atoms with E-state index in [9.17, 15) is 0 Å². The highest BCUT2D eigenvalue weighted by molar-refractivity contribution is 8.16. The van der Waals surface area contributed by atoms with Crippen molar-refractivity contribution in [2.24, 2.45) is 0 Å². The van der Waals surface area contributed by atoms with Crippen molar-refractivity contribution in [1.29, 1.82) is 0 Å². The van der Waals surface area contributed by atoms with Crippen molar-refractivity contribution >= 4 is 23.5 Å². The average molecular weight is 212 g/mol. The van der Waals surface area contributed by atoms with E-state index in [4.69, 9.17) is 5.11 Å². The van der Waals surface area contributed by atoms with E-state index < -0.39 is 0 Å². The molecule has 0 spiro atoms. The van der Waals surface area contributed by atoms with Crippen LogP contribution in [0.4, 0.5) is 0 Å². The van der Waals surface area contributed by atoms with E-state index in [1.807, 2.05) is 35.7 Å². The molecular formula is C10H12OS2. The molecule has 1 aliphatic heterocycles. The lowest BCUT2D eigenvalue weighted by molar-refractivity contribution is 0.475. The SMILES string of the molecule is Oc1ccc(C2SCCCS2)cc1. The standard InChI is InChI=1S/C10H12OS2/c11-9-4-2-8(3-5-9)10-12-6-1-7-13-10/h2-5,10-11H,1,6-7H2. The lowest BCUT2D eigenvalue weighted by atomic mass is 10.2. The smallest absolute Gasteiger partial charge is 0.115 e. The van der Waals surface area contributed by atoms with Gasteiger partial charge in [0.25, 0.3) is 0 Å². The molecule has 3 heteroatoms.